The molecule has 1 fully saturated rings. The number of aromatic nitrogens is 1. The Morgan fingerprint density at radius 3 is 2.78 bits per heavy atom. The lowest BCUT2D eigenvalue weighted by molar-refractivity contribution is 0.0741. The van der Waals surface area contributed by atoms with Gasteiger partial charge in [-0.25, -0.2) is 0 Å². The van der Waals surface area contributed by atoms with Crippen LogP contribution in [0, 0.1) is 6.92 Å². The van der Waals surface area contributed by atoms with Gasteiger partial charge in [-0.3, -0.25) is 9.78 Å². The summed E-state index contributed by atoms with van der Waals surface area (Å²) in [7, 11) is 0. The number of rotatable bonds is 2. The van der Waals surface area contributed by atoms with Crippen LogP contribution in [-0.2, 0) is 0 Å². The van der Waals surface area contributed by atoms with Crippen molar-refractivity contribution in [3.63, 3.8) is 0 Å². The van der Waals surface area contributed by atoms with E-state index in [4.69, 9.17) is 5.73 Å². The maximum Gasteiger partial charge on any atom is 0.255 e. The van der Waals surface area contributed by atoms with E-state index in [1.807, 2.05) is 24.0 Å². The van der Waals surface area contributed by atoms with Gasteiger partial charge in [0.05, 0.1) is 5.56 Å². The second-order valence-corrected chi connectivity index (χ2v) is 4.22. The molecule has 1 aromatic heterocycles. The third-order valence-electron chi connectivity index (χ3n) is 3.07. The van der Waals surface area contributed by atoms with Crippen molar-refractivity contribution in [1.82, 2.24) is 9.88 Å². The topological polar surface area (TPSA) is 59.2 Å². The lowest BCUT2D eigenvalue weighted by atomic mass is 10.2. The van der Waals surface area contributed by atoms with Crippen LogP contribution >= 0.6 is 24.8 Å². The van der Waals surface area contributed by atoms with Gasteiger partial charge in [-0.2, -0.15) is 0 Å². The number of nitrogens with two attached hydrogens (primary N) is 1. The Morgan fingerprint density at radius 1 is 1.50 bits per heavy atom. The number of pyridine rings is 1. The molecule has 6 heteroatoms. The van der Waals surface area contributed by atoms with E-state index in [9.17, 15) is 4.79 Å². The minimum absolute atomic E-state index is 0. The molecule has 0 aliphatic carbocycles. The van der Waals surface area contributed by atoms with Crippen molar-refractivity contribution < 1.29 is 4.79 Å². The Balaban J connectivity index is 0.00000144. The van der Waals surface area contributed by atoms with Gasteiger partial charge >= 0.3 is 0 Å². The number of aryl methyl sites for hydroxylation is 1. The second kappa shape index (κ2) is 7.56. The summed E-state index contributed by atoms with van der Waals surface area (Å²) < 4.78 is 0. The summed E-state index contributed by atoms with van der Waals surface area (Å²) in [6.45, 7) is 3.27. The molecule has 1 aliphatic rings. The van der Waals surface area contributed by atoms with Crippen molar-refractivity contribution in [2.75, 3.05) is 13.1 Å². The van der Waals surface area contributed by atoms with E-state index in [0.29, 0.717) is 12.1 Å². The van der Waals surface area contributed by atoms with Crippen LogP contribution in [0.1, 0.15) is 28.9 Å². The first-order valence-electron chi connectivity index (χ1n) is 5.66. The molecule has 4 nitrogen and oxygen atoms in total. The third-order valence-corrected chi connectivity index (χ3v) is 3.07. The zero-order valence-electron chi connectivity index (χ0n) is 10.3. The van der Waals surface area contributed by atoms with Gasteiger partial charge in [0.2, 0.25) is 0 Å². The molecule has 2 N–H and O–H groups in total. The van der Waals surface area contributed by atoms with Gasteiger partial charge < -0.3 is 10.6 Å². The summed E-state index contributed by atoms with van der Waals surface area (Å²) in [5.74, 6) is 0.0560. The summed E-state index contributed by atoms with van der Waals surface area (Å²) in [5.41, 5.74) is 7.24. The van der Waals surface area contributed by atoms with Gasteiger partial charge in [0.25, 0.3) is 5.91 Å². The van der Waals surface area contributed by atoms with Gasteiger partial charge in [-0.1, -0.05) is 0 Å². The van der Waals surface area contributed by atoms with Crippen molar-refractivity contribution in [3.8, 4) is 0 Å². The number of amides is 1. The van der Waals surface area contributed by atoms with E-state index in [1.54, 1.807) is 6.20 Å². The molecule has 2 heterocycles. The Morgan fingerprint density at radius 2 is 2.22 bits per heavy atom. The summed E-state index contributed by atoms with van der Waals surface area (Å²) in [6, 6.07) is 3.89. The maximum atomic E-state index is 12.2. The molecule has 0 spiro atoms. The monoisotopic (exact) mass is 291 g/mol. The fourth-order valence-corrected chi connectivity index (χ4v) is 2.11. The van der Waals surface area contributed by atoms with Gasteiger partial charge in [0.15, 0.2) is 0 Å². The molecule has 102 valence electrons. The maximum absolute atomic E-state index is 12.2. The Hall–Kier alpha value is -0.840. The highest BCUT2D eigenvalue weighted by Gasteiger charge is 2.28. The van der Waals surface area contributed by atoms with Crippen LogP contribution in [0.2, 0.25) is 0 Å². The van der Waals surface area contributed by atoms with Crippen LogP contribution in [-0.4, -0.2) is 34.9 Å². The van der Waals surface area contributed by atoms with Crippen molar-refractivity contribution >= 4 is 30.7 Å². The number of likely N-dealkylation sites (tertiary alicyclic amines) is 1. The Bertz CT molecular complexity index is 383. The van der Waals surface area contributed by atoms with Crippen LogP contribution in [0.4, 0.5) is 0 Å². The lowest BCUT2D eigenvalue weighted by Crippen LogP contribution is -2.39. The van der Waals surface area contributed by atoms with E-state index in [0.717, 1.165) is 25.1 Å². The van der Waals surface area contributed by atoms with Gasteiger partial charge in [0.1, 0.15) is 0 Å². The lowest BCUT2D eigenvalue weighted by Gasteiger charge is -2.23. The summed E-state index contributed by atoms with van der Waals surface area (Å²) in [4.78, 5) is 18.2. The quantitative estimate of drug-likeness (QED) is 0.904. The van der Waals surface area contributed by atoms with Crippen LogP contribution in [0.15, 0.2) is 18.3 Å². The number of hydrogen-bond acceptors (Lipinski definition) is 3. The van der Waals surface area contributed by atoms with Crippen molar-refractivity contribution in [3.05, 3.63) is 29.6 Å². The van der Waals surface area contributed by atoms with Gasteiger partial charge in [-0.05, 0) is 31.9 Å². The number of hydrogen-bond donors (Lipinski definition) is 1. The van der Waals surface area contributed by atoms with Crippen LogP contribution < -0.4 is 5.73 Å². The zero-order valence-corrected chi connectivity index (χ0v) is 12.0. The smallest absolute Gasteiger partial charge is 0.255 e. The third kappa shape index (κ3) is 3.57. The van der Waals surface area contributed by atoms with Gasteiger partial charge in [-0.15, -0.1) is 24.8 Å². The molecule has 18 heavy (non-hydrogen) atoms. The number of halogens is 2. The molecule has 1 aromatic rings. The molecule has 0 aromatic carbocycles. The fourth-order valence-electron chi connectivity index (χ4n) is 2.11. The molecule has 1 amide bonds. The van der Waals surface area contributed by atoms with E-state index >= 15 is 0 Å². The molecule has 0 radical (unpaired) electrons. The summed E-state index contributed by atoms with van der Waals surface area (Å²) in [6.07, 6.45) is 3.71. The highest BCUT2D eigenvalue weighted by atomic mass is 35.5. The number of carbonyl (C=O) groups excluding carboxylic acids is 1. The van der Waals surface area contributed by atoms with Crippen molar-refractivity contribution in [2.45, 2.75) is 25.8 Å². The van der Waals surface area contributed by atoms with Crippen LogP contribution in [0.3, 0.4) is 0 Å². The molecule has 0 saturated carbocycles. The molecule has 0 bridgehead atoms. The van der Waals surface area contributed by atoms with Gasteiger partial charge in [0, 0.05) is 31.0 Å². The minimum atomic E-state index is 0. The highest BCUT2D eigenvalue weighted by Crippen LogP contribution is 2.18. The average Bonchev–Trinajstić information content (AvgIpc) is 2.77. The first kappa shape index (κ1) is 17.2. The molecule has 2 rings (SSSR count). The molecule has 1 unspecified atom stereocenters. The van der Waals surface area contributed by atoms with E-state index in [-0.39, 0.29) is 36.8 Å². The first-order valence-corrected chi connectivity index (χ1v) is 5.66. The minimum Gasteiger partial charge on any atom is -0.334 e. The standard InChI is InChI=1S/C12H17N3O.2ClH/c1-9-4-5-10(8-14-9)12(16)15-6-2-3-11(15)7-13;;/h4-5,8,11H,2-3,6-7,13H2,1H3;2*1H. The van der Waals surface area contributed by atoms with E-state index < -0.39 is 0 Å². The number of nitrogens with zero attached hydrogens (tertiary/aromatic N) is 2. The van der Waals surface area contributed by atoms with E-state index in [2.05, 4.69) is 4.98 Å². The van der Waals surface area contributed by atoms with E-state index in [1.165, 1.54) is 0 Å². The SMILES string of the molecule is Cc1ccc(C(=O)N2CCCC2CN)cn1.Cl.Cl. The average molecular weight is 292 g/mol. The molecule has 1 aliphatic heterocycles. The molecule has 1 atom stereocenters. The number of carbonyl (C=O) groups is 1. The van der Waals surface area contributed by atoms with Crippen LogP contribution in [0.5, 0.6) is 0 Å². The summed E-state index contributed by atoms with van der Waals surface area (Å²) in [5, 5.41) is 0. The highest BCUT2D eigenvalue weighted by molar-refractivity contribution is 5.94. The zero-order chi connectivity index (χ0) is 11.5. The normalized spacial score (nSPS) is 17.9. The van der Waals surface area contributed by atoms with Crippen molar-refractivity contribution in [2.24, 2.45) is 5.73 Å². The Labute approximate surface area is 120 Å². The van der Waals surface area contributed by atoms with Crippen LogP contribution in [0.25, 0.3) is 0 Å². The fraction of sp³-hybridized carbons (Fsp3) is 0.500. The largest absolute Gasteiger partial charge is 0.334 e. The molecular weight excluding hydrogens is 273 g/mol. The first-order chi connectivity index (χ1) is 7.72. The Kier molecular flexibility index (Phi) is 7.21. The predicted octanol–water partition coefficient (Wildman–Crippen LogP) is 1.80. The summed E-state index contributed by atoms with van der Waals surface area (Å²) >= 11 is 0. The second-order valence-electron chi connectivity index (χ2n) is 4.22. The molecular formula is C12H19Cl2N3O. The predicted molar refractivity (Wildman–Crippen MR) is 76.6 cm³/mol. The molecule has 1 saturated heterocycles. The van der Waals surface area contributed by atoms with Crippen molar-refractivity contribution in [1.29, 1.82) is 0 Å².